The van der Waals surface area contributed by atoms with Crippen LogP contribution >= 0.6 is 0 Å². The summed E-state index contributed by atoms with van der Waals surface area (Å²) in [6.45, 7) is 2.36. The van der Waals surface area contributed by atoms with Crippen molar-refractivity contribution >= 4 is 10.8 Å². The van der Waals surface area contributed by atoms with Gasteiger partial charge in [-0.1, -0.05) is 146 Å². The molecular formula is C49H32O. The highest BCUT2D eigenvalue weighted by atomic mass is 16.5. The third-order valence-corrected chi connectivity index (χ3v) is 11.8. The van der Waals surface area contributed by atoms with E-state index in [1.54, 1.807) is 0 Å². The number of hydrogen-bond donors (Lipinski definition) is 0. The van der Waals surface area contributed by atoms with Crippen molar-refractivity contribution in [3.05, 3.63) is 215 Å². The van der Waals surface area contributed by atoms with Crippen molar-refractivity contribution in [1.29, 1.82) is 0 Å². The second kappa shape index (κ2) is 9.94. The lowest BCUT2D eigenvalue weighted by Gasteiger charge is -2.39. The molecule has 2 unspecified atom stereocenters. The zero-order valence-electron chi connectivity index (χ0n) is 27.7. The maximum atomic E-state index is 6.69. The Morgan fingerprint density at radius 2 is 0.940 bits per heavy atom. The molecule has 8 aromatic carbocycles. The van der Waals surface area contributed by atoms with E-state index in [9.17, 15) is 0 Å². The van der Waals surface area contributed by atoms with Crippen molar-refractivity contribution in [2.75, 3.05) is 0 Å². The quantitative estimate of drug-likeness (QED) is 0.183. The molecule has 0 saturated heterocycles. The van der Waals surface area contributed by atoms with Gasteiger partial charge in [-0.15, -0.1) is 0 Å². The Bertz CT molecular complexity index is 2700. The molecule has 11 rings (SSSR count). The molecule has 1 nitrogen and oxygen atoms in total. The largest absolute Gasteiger partial charge is 0.457 e. The second-order valence-electron chi connectivity index (χ2n) is 14.1. The van der Waals surface area contributed by atoms with Crippen molar-refractivity contribution in [3.8, 4) is 44.9 Å². The van der Waals surface area contributed by atoms with Crippen LogP contribution in [0.3, 0.4) is 0 Å². The van der Waals surface area contributed by atoms with Crippen molar-refractivity contribution in [1.82, 2.24) is 0 Å². The SMILES string of the molecule is CC1(c2ccccc2)c2ccccc2Oc2cccc(-c3ccc4c(c3)-c3ccccc3C43c4ccccc4-c4cc5ccccc5cc43)c21. The maximum Gasteiger partial charge on any atom is 0.132 e. The standard InChI is InChI=1S/C49H32O/c1-48(34-16-3-2-4-17-34)43-23-11-12-24-45(43)50-46-25-13-20-35(47(46)48)33-26-27-42-38(29-33)36-18-7-9-21-40(36)49(42)41-22-10-8-19-37(41)39-28-31-14-5-6-15-32(31)30-44(39)49/h2-30H,1H3. The first-order valence-corrected chi connectivity index (χ1v) is 17.5. The minimum Gasteiger partial charge on any atom is -0.457 e. The van der Waals surface area contributed by atoms with Gasteiger partial charge in [-0.2, -0.15) is 0 Å². The van der Waals surface area contributed by atoms with E-state index in [1.165, 1.54) is 83.1 Å². The molecule has 3 aliphatic rings. The van der Waals surface area contributed by atoms with Gasteiger partial charge < -0.3 is 4.74 Å². The highest BCUT2D eigenvalue weighted by Gasteiger charge is 2.52. The molecule has 1 aliphatic heterocycles. The van der Waals surface area contributed by atoms with Crippen LogP contribution in [0.15, 0.2) is 176 Å². The Morgan fingerprint density at radius 1 is 0.380 bits per heavy atom. The van der Waals surface area contributed by atoms with E-state index < -0.39 is 10.8 Å². The van der Waals surface area contributed by atoms with Gasteiger partial charge in [-0.05, 0) is 109 Å². The molecule has 2 aliphatic carbocycles. The van der Waals surface area contributed by atoms with E-state index in [-0.39, 0.29) is 0 Å². The van der Waals surface area contributed by atoms with Crippen LogP contribution in [0.5, 0.6) is 11.5 Å². The van der Waals surface area contributed by atoms with Gasteiger partial charge in [0.15, 0.2) is 0 Å². The van der Waals surface area contributed by atoms with Crippen LogP contribution in [0.1, 0.15) is 45.9 Å². The fourth-order valence-corrected chi connectivity index (χ4v) is 9.66. The van der Waals surface area contributed by atoms with Crippen molar-refractivity contribution in [2.45, 2.75) is 17.8 Å². The summed E-state index contributed by atoms with van der Waals surface area (Å²) in [5.41, 5.74) is 15.9. The number of ether oxygens (including phenoxy) is 1. The molecule has 0 amide bonds. The Balaban J connectivity index is 1.19. The van der Waals surface area contributed by atoms with Crippen LogP contribution in [0.25, 0.3) is 44.2 Å². The van der Waals surface area contributed by atoms with Crippen LogP contribution in [-0.4, -0.2) is 0 Å². The fraction of sp³-hybridized carbons (Fsp3) is 0.0612. The highest BCUT2D eigenvalue weighted by Crippen LogP contribution is 2.64. The summed E-state index contributed by atoms with van der Waals surface area (Å²) >= 11 is 0. The summed E-state index contributed by atoms with van der Waals surface area (Å²) in [5, 5.41) is 2.55. The van der Waals surface area contributed by atoms with Gasteiger partial charge in [-0.3, -0.25) is 0 Å². The normalized spacial score (nSPS) is 18.8. The Hall–Kier alpha value is -6.18. The third-order valence-electron chi connectivity index (χ3n) is 11.8. The summed E-state index contributed by atoms with van der Waals surface area (Å²) in [7, 11) is 0. The number of fused-ring (bicyclic) bond motifs is 13. The van der Waals surface area contributed by atoms with Crippen LogP contribution in [0.4, 0.5) is 0 Å². The molecule has 0 radical (unpaired) electrons. The van der Waals surface area contributed by atoms with Gasteiger partial charge in [-0.25, -0.2) is 0 Å². The average molecular weight is 637 g/mol. The summed E-state index contributed by atoms with van der Waals surface area (Å²) < 4.78 is 6.69. The predicted octanol–water partition coefficient (Wildman–Crippen LogP) is 12.3. The molecule has 1 heteroatoms. The molecule has 1 spiro atoms. The van der Waals surface area contributed by atoms with E-state index in [0.29, 0.717) is 0 Å². The monoisotopic (exact) mass is 636 g/mol. The zero-order valence-corrected chi connectivity index (χ0v) is 27.7. The first-order chi connectivity index (χ1) is 24.7. The van der Waals surface area contributed by atoms with E-state index in [1.807, 2.05) is 0 Å². The lowest BCUT2D eigenvalue weighted by molar-refractivity contribution is 0.428. The number of rotatable bonds is 2. The minimum atomic E-state index is -0.412. The minimum absolute atomic E-state index is 0.392. The molecule has 50 heavy (non-hydrogen) atoms. The van der Waals surface area contributed by atoms with Crippen LogP contribution < -0.4 is 4.74 Å². The van der Waals surface area contributed by atoms with Gasteiger partial charge in [0.25, 0.3) is 0 Å². The molecule has 234 valence electrons. The summed E-state index contributed by atoms with van der Waals surface area (Å²) in [6, 6.07) is 65.0. The molecular weight excluding hydrogens is 605 g/mol. The van der Waals surface area contributed by atoms with Crippen LogP contribution in [0.2, 0.25) is 0 Å². The molecule has 0 bridgehead atoms. The Morgan fingerprint density at radius 3 is 1.70 bits per heavy atom. The second-order valence-corrected chi connectivity index (χ2v) is 14.1. The van der Waals surface area contributed by atoms with Crippen molar-refractivity contribution < 1.29 is 4.74 Å². The maximum absolute atomic E-state index is 6.69. The van der Waals surface area contributed by atoms with Gasteiger partial charge >= 0.3 is 0 Å². The molecule has 0 N–H and O–H groups in total. The van der Waals surface area contributed by atoms with Crippen LogP contribution in [0, 0.1) is 0 Å². The number of hydrogen-bond acceptors (Lipinski definition) is 1. The van der Waals surface area contributed by atoms with Crippen molar-refractivity contribution in [3.63, 3.8) is 0 Å². The van der Waals surface area contributed by atoms with E-state index in [4.69, 9.17) is 4.74 Å². The lowest BCUT2D eigenvalue weighted by Crippen LogP contribution is -2.30. The summed E-state index contributed by atoms with van der Waals surface area (Å²) in [6.07, 6.45) is 0. The van der Waals surface area contributed by atoms with Gasteiger partial charge in [0.2, 0.25) is 0 Å². The topological polar surface area (TPSA) is 9.23 Å². The summed E-state index contributed by atoms with van der Waals surface area (Å²) in [4.78, 5) is 0. The fourth-order valence-electron chi connectivity index (χ4n) is 9.66. The Kier molecular flexibility index (Phi) is 5.51. The lowest BCUT2D eigenvalue weighted by atomic mass is 9.67. The van der Waals surface area contributed by atoms with E-state index in [2.05, 4.69) is 183 Å². The molecule has 1 heterocycles. The zero-order chi connectivity index (χ0) is 33.0. The number of para-hydroxylation sites is 1. The van der Waals surface area contributed by atoms with Crippen molar-refractivity contribution in [2.24, 2.45) is 0 Å². The van der Waals surface area contributed by atoms with Gasteiger partial charge in [0, 0.05) is 11.1 Å². The molecule has 0 aromatic heterocycles. The highest BCUT2D eigenvalue weighted by molar-refractivity contribution is 6.00. The third kappa shape index (κ3) is 3.42. The first-order valence-electron chi connectivity index (χ1n) is 17.5. The number of benzene rings is 8. The smallest absolute Gasteiger partial charge is 0.132 e. The molecule has 2 atom stereocenters. The van der Waals surface area contributed by atoms with Gasteiger partial charge in [0.1, 0.15) is 11.5 Å². The molecule has 8 aromatic rings. The first kappa shape index (κ1) is 27.7. The predicted molar refractivity (Wildman–Crippen MR) is 204 cm³/mol. The Labute approximate surface area is 292 Å². The van der Waals surface area contributed by atoms with Gasteiger partial charge in [0.05, 0.1) is 10.8 Å². The van der Waals surface area contributed by atoms with E-state index >= 15 is 0 Å². The van der Waals surface area contributed by atoms with Crippen LogP contribution in [-0.2, 0) is 10.8 Å². The molecule has 0 saturated carbocycles. The molecule has 0 fully saturated rings. The van der Waals surface area contributed by atoms with E-state index in [0.717, 1.165) is 11.5 Å². The average Bonchev–Trinajstić information content (AvgIpc) is 3.63. The summed E-state index contributed by atoms with van der Waals surface area (Å²) in [5.74, 6) is 1.83.